The Morgan fingerprint density at radius 3 is 1.08 bits per heavy atom. The molecule has 0 fully saturated rings. The first-order valence-corrected chi connectivity index (χ1v) is 9.63. The summed E-state index contributed by atoms with van der Waals surface area (Å²) in [5.74, 6) is 0.785. The summed E-state index contributed by atoms with van der Waals surface area (Å²) >= 11 is 0. The maximum atomic E-state index is 3.97. The summed E-state index contributed by atoms with van der Waals surface area (Å²) < 4.78 is 0. The van der Waals surface area contributed by atoms with Crippen LogP contribution in [0.1, 0.15) is 61.0 Å². The van der Waals surface area contributed by atoms with Crippen LogP contribution in [-0.2, 0) is 32.6 Å². The van der Waals surface area contributed by atoms with Crippen LogP contribution in [-0.4, -0.2) is 39.3 Å². The molecule has 0 atom stereocenters. The van der Waals surface area contributed by atoms with Crippen molar-refractivity contribution in [1.29, 1.82) is 0 Å². The van der Waals surface area contributed by atoms with Gasteiger partial charge in [-0.2, -0.15) is 57.0 Å². The van der Waals surface area contributed by atoms with Gasteiger partial charge in [0, 0.05) is 0 Å². The first-order valence-electron chi connectivity index (χ1n) is 9.63. The van der Waals surface area contributed by atoms with Gasteiger partial charge in [-0.15, -0.1) is 0 Å². The molecule has 1 aromatic rings. The summed E-state index contributed by atoms with van der Waals surface area (Å²) in [6.45, 7) is 22.6. The van der Waals surface area contributed by atoms with Crippen molar-refractivity contribution in [2.75, 3.05) is 39.3 Å². The van der Waals surface area contributed by atoms with Crippen molar-refractivity contribution >= 4 is 0 Å². The van der Waals surface area contributed by atoms with E-state index in [2.05, 4.69) is 54.1 Å². The summed E-state index contributed by atoms with van der Waals surface area (Å²) in [5, 5.41) is 11.9. The van der Waals surface area contributed by atoms with Crippen molar-refractivity contribution in [3.8, 4) is 0 Å². The maximum Gasteiger partial charge on any atom is 4.00 e. The zero-order chi connectivity index (χ0) is 19.1. The van der Waals surface area contributed by atoms with E-state index in [0.717, 1.165) is 45.2 Å². The second-order valence-corrected chi connectivity index (χ2v) is 5.46. The van der Waals surface area contributed by atoms with Gasteiger partial charge in [0.05, 0.1) is 0 Å². The van der Waals surface area contributed by atoms with Gasteiger partial charge in [-0.1, -0.05) is 67.7 Å². The molecular formula is C21H43N3Zr. The first-order chi connectivity index (χ1) is 11.5. The fraction of sp³-hybridized carbons (Fsp3) is 0.762. The zero-order valence-corrected chi connectivity index (χ0v) is 20.6. The Hall–Kier alpha value is 0.113. The quantitative estimate of drug-likeness (QED) is 0.408. The van der Waals surface area contributed by atoms with E-state index in [-0.39, 0.29) is 26.2 Å². The van der Waals surface area contributed by atoms with Crippen molar-refractivity contribution in [2.45, 2.75) is 61.8 Å². The Morgan fingerprint density at radius 2 is 0.920 bits per heavy atom. The van der Waals surface area contributed by atoms with Crippen LogP contribution in [0.4, 0.5) is 0 Å². The van der Waals surface area contributed by atoms with Crippen LogP contribution in [0.25, 0.3) is 16.0 Å². The Morgan fingerprint density at radius 1 is 0.640 bits per heavy atom. The second-order valence-electron chi connectivity index (χ2n) is 5.46. The number of hydrogen-bond donors (Lipinski definition) is 0. The molecule has 0 saturated carbocycles. The molecule has 4 heteroatoms. The average Bonchev–Trinajstić information content (AvgIpc) is 3.04. The van der Waals surface area contributed by atoms with Crippen LogP contribution < -0.4 is 0 Å². The molecule has 0 aliphatic heterocycles. The number of rotatable bonds is 8. The molecule has 0 unspecified atom stereocenters. The largest absolute Gasteiger partial charge is 4.00 e. The molecule has 0 amide bonds. The molecule has 1 aromatic carbocycles. The van der Waals surface area contributed by atoms with E-state index in [1.807, 2.05) is 41.5 Å². The predicted molar refractivity (Wildman–Crippen MR) is 114 cm³/mol. The van der Waals surface area contributed by atoms with Gasteiger partial charge >= 0.3 is 26.2 Å². The predicted octanol–water partition coefficient (Wildman–Crippen LogP) is 6.80. The Balaban J connectivity index is -0.000000122. The van der Waals surface area contributed by atoms with Crippen LogP contribution in [0.5, 0.6) is 0 Å². The topological polar surface area (TPSA) is 42.3 Å². The molecular weight excluding hydrogens is 385 g/mol. The van der Waals surface area contributed by atoms with Gasteiger partial charge in [0.1, 0.15) is 0 Å². The minimum absolute atomic E-state index is 0. The molecule has 146 valence electrons. The second kappa shape index (κ2) is 31.8. The van der Waals surface area contributed by atoms with Gasteiger partial charge in [0.2, 0.25) is 0 Å². The maximum absolute atomic E-state index is 3.97. The van der Waals surface area contributed by atoms with Gasteiger partial charge in [-0.3, -0.25) is 0 Å². The van der Waals surface area contributed by atoms with Crippen molar-refractivity contribution in [3.05, 3.63) is 45.8 Å². The van der Waals surface area contributed by atoms with Crippen LogP contribution >= 0.6 is 0 Å². The monoisotopic (exact) mass is 427 g/mol. The van der Waals surface area contributed by atoms with E-state index >= 15 is 0 Å². The third-order valence-electron chi connectivity index (χ3n) is 2.72. The molecule has 1 rings (SSSR count). The molecule has 0 aliphatic carbocycles. The third-order valence-corrected chi connectivity index (χ3v) is 2.72. The molecule has 0 saturated heterocycles. The van der Waals surface area contributed by atoms with Crippen molar-refractivity contribution < 1.29 is 26.2 Å². The molecule has 0 aliphatic rings. The fourth-order valence-electron chi connectivity index (χ4n) is 1.69. The van der Waals surface area contributed by atoms with E-state index in [4.69, 9.17) is 0 Å². The van der Waals surface area contributed by atoms with Crippen LogP contribution in [0.3, 0.4) is 0 Å². The Labute approximate surface area is 178 Å². The van der Waals surface area contributed by atoms with E-state index < -0.39 is 0 Å². The van der Waals surface area contributed by atoms with Gasteiger partial charge in [0.15, 0.2) is 0 Å². The summed E-state index contributed by atoms with van der Waals surface area (Å²) in [5.41, 5.74) is 1.46. The van der Waals surface area contributed by atoms with Crippen molar-refractivity contribution in [1.82, 2.24) is 0 Å². The summed E-state index contributed by atoms with van der Waals surface area (Å²) in [6.07, 6.45) is 1.22. The van der Waals surface area contributed by atoms with E-state index in [1.165, 1.54) is 12.0 Å². The SMILES string of the molecule is CC(C)C[c-]1cccc1.CC[N-]CC.CC[N-]CC.CC[N-]CC.[Zr+4]. The van der Waals surface area contributed by atoms with E-state index in [0.29, 0.717) is 0 Å². The van der Waals surface area contributed by atoms with Gasteiger partial charge in [-0.25, -0.2) is 12.1 Å². The molecule has 0 radical (unpaired) electrons. The van der Waals surface area contributed by atoms with Gasteiger partial charge in [0.25, 0.3) is 0 Å². The van der Waals surface area contributed by atoms with Crippen LogP contribution in [0.2, 0.25) is 0 Å². The third kappa shape index (κ3) is 40.3. The minimum atomic E-state index is 0. The summed E-state index contributed by atoms with van der Waals surface area (Å²) in [7, 11) is 0. The van der Waals surface area contributed by atoms with Crippen LogP contribution in [0.15, 0.2) is 24.3 Å². The number of nitrogens with zero attached hydrogens (tertiary/aromatic N) is 3. The van der Waals surface area contributed by atoms with Crippen LogP contribution in [0, 0.1) is 5.92 Å². The summed E-state index contributed by atoms with van der Waals surface area (Å²) in [4.78, 5) is 0. The Bertz CT molecular complexity index is 254. The first kappa shape index (κ1) is 32.8. The van der Waals surface area contributed by atoms with E-state index in [1.54, 1.807) is 0 Å². The summed E-state index contributed by atoms with van der Waals surface area (Å²) in [6, 6.07) is 8.55. The van der Waals surface area contributed by atoms with Gasteiger partial charge < -0.3 is 16.0 Å². The van der Waals surface area contributed by atoms with E-state index in [9.17, 15) is 0 Å². The molecule has 3 nitrogen and oxygen atoms in total. The molecule has 0 aromatic heterocycles. The standard InChI is InChI=1S/C9H13.3C4H10N.Zr/c1-8(2)7-9-5-3-4-6-9;3*1-3-5-4-2;/h3-6,8H,7H2,1-2H3;3*3-4H2,1-2H3;/q4*-1;+4. The fourth-order valence-corrected chi connectivity index (χ4v) is 1.69. The smallest absolute Gasteiger partial charge is 0.663 e. The normalized spacial score (nSPS) is 8.84. The minimum Gasteiger partial charge on any atom is -0.663 e. The van der Waals surface area contributed by atoms with Crippen molar-refractivity contribution in [3.63, 3.8) is 0 Å². The Kier molecular flexibility index (Phi) is 41.7. The molecule has 25 heavy (non-hydrogen) atoms. The number of hydrogen-bond acceptors (Lipinski definition) is 0. The van der Waals surface area contributed by atoms with Gasteiger partial charge in [-0.05, 0) is 0 Å². The van der Waals surface area contributed by atoms with Crippen molar-refractivity contribution in [2.24, 2.45) is 5.92 Å². The molecule has 0 spiro atoms. The molecule has 0 N–H and O–H groups in total. The zero-order valence-electron chi connectivity index (χ0n) is 18.2. The molecule has 0 bridgehead atoms. The average molecular weight is 429 g/mol. The molecule has 0 heterocycles.